The maximum absolute atomic E-state index is 14.1. The van der Waals surface area contributed by atoms with E-state index in [9.17, 15) is 22.7 Å². The minimum absolute atomic E-state index is 0.121. The van der Waals surface area contributed by atoms with Crippen LogP contribution in [-0.2, 0) is 13.1 Å². The number of nitrogens with zero attached hydrogens (tertiary/aromatic N) is 3. The zero-order valence-electron chi connectivity index (χ0n) is 29.5. The molecule has 2 aromatic heterocycles. The second-order valence-corrected chi connectivity index (χ2v) is 12.9. The highest BCUT2D eigenvalue weighted by atomic mass is 19.1. The number of aromatic nitrogens is 2. The zero-order valence-corrected chi connectivity index (χ0v) is 29.5. The molecule has 9 heteroatoms. The molecule has 0 spiro atoms. The molecular weight excluding hydrogens is 678 g/mol. The van der Waals surface area contributed by atoms with E-state index in [-0.39, 0.29) is 29.0 Å². The molecule has 0 aliphatic rings. The molecule has 0 bridgehead atoms. The van der Waals surface area contributed by atoms with Crippen molar-refractivity contribution in [2.24, 2.45) is 0 Å². The lowest BCUT2D eigenvalue weighted by atomic mass is 10.1. The molecule has 0 saturated carbocycles. The first-order valence-corrected chi connectivity index (χ1v) is 17.7. The Balaban J connectivity index is 0.000000170. The minimum atomic E-state index is -0.346. The second kappa shape index (κ2) is 15.4. The highest BCUT2D eigenvalue weighted by Crippen LogP contribution is 2.37. The van der Waals surface area contributed by atoms with Gasteiger partial charge in [0.25, 0.3) is 0 Å². The van der Waals surface area contributed by atoms with Gasteiger partial charge in [0.15, 0.2) is 0 Å². The fraction of sp³-hybridized carbons (Fsp3) is 0.182. The monoisotopic (exact) mass is 717 g/mol. The molecule has 0 unspecified atom stereocenters. The predicted molar refractivity (Wildman–Crippen MR) is 205 cm³/mol. The van der Waals surface area contributed by atoms with Crippen molar-refractivity contribution in [3.8, 4) is 11.5 Å². The molecule has 0 radical (unpaired) electrons. The van der Waals surface area contributed by atoms with Crippen molar-refractivity contribution in [1.29, 1.82) is 0 Å². The van der Waals surface area contributed by atoms with Gasteiger partial charge in [-0.25, -0.2) is 17.6 Å². The standard InChI is InChI=1S/C25H26F2N2O.C19H13F2NO/c1-3-28(4-2)14-15-30-24-7-5-6-23-25(24)21-16-20(27)12-13-22(21)29(23)17-18-8-10-19(26)11-9-18;20-13-6-4-12(5-7-13)11-22-16-9-8-14(21)10-15(16)19-17(22)2-1-3-18(19)23/h5-13,16H,3-4,14-15,17H2,1-2H3;1-10,23H,11H2. The topological polar surface area (TPSA) is 42.6 Å². The molecule has 270 valence electrons. The lowest BCUT2D eigenvalue weighted by Gasteiger charge is -2.18. The molecule has 8 aromatic rings. The summed E-state index contributed by atoms with van der Waals surface area (Å²) in [5.41, 5.74) is 5.45. The van der Waals surface area contributed by atoms with Crippen LogP contribution in [0.25, 0.3) is 43.6 Å². The van der Waals surface area contributed by atoms with Crippen molar-refractivity contribution in [3.63, 3.8) is 0 Å². The molecule has 0 aliphatic heterocycles. The molecule has 1 N–H and O–H groups in total. The van der Waals surface area contributed by atoms with Gasteiger partial charge in [-0.1, -0.05) is 50.2 Å². The number of phenols is 1. The van der Waals surface area contributed by atoms with Gasteiger partial charge in [-0.3, -0.25) is 0 Å². The van der Waals surface area contributed by atoms with Gasteiger partial charge in [0.1, 0.15) is 41.4 Å². The van der Waals surface area contributed by atoms with Gasteiger partial charge < -0.3 is 23.9 Å². The van der Waals surface area contributed by atoms with Crippen molar-refractivity contribution in [3.05, 3.63) is 156 Å². The van der Waals surface area contributed by atoms with Gasteiger partial charge in [0.05, 0.1) is 11.0 Å². The third-order valence-corrected chi connectivity index (χ3v) is 9.71. The first-order chi connectivity index (χ1) is 25.7. The first kappa shape index (κ1) is 35.6. The number of likely N-dealkylation sites (N-methyl/N-ethyl adjacent to an activating group) is 1. The molecular formula is C44H39F4N3O2. The Hall–Kier alpha value is -5.80. The summed E-state index contributed by atoms with van der Waals surface area (Å²) in [6, 6.07) is 33.3. The molecule has 0 aliphatic carbocycles. The summed E-state index contributed by atoms with van der Waals surface area (Å²) in [6.45, 7) is 8.71. The molecule has 2 heterocycles. The van der Waals surface area contributed by atoms with Crippen molar-refractivity contribution < 1.29 is 27.4 Å². The summed E-state index contributed by atoms with van der Waals surface area (Å²) in [5, 5.41) is 13.2. The average molecular weight is 718 g/mol. The second-order valence-electron chi connectivity index (χ2n) is 12.9. The Morgan fingerprint density at radius 2 is 1.02 bits per heavy atom. The Morgan fingerprint density at radius 3 is 1.55 bits per heavy atom. The quantitative estimate of drug-likeness (QED) is 0.143. The summed E-state index contributed by atoms with van der Waals surface area (Å²) < 4.78 is 64.5. The van der Waals surface area contributed by atoms with E-state index in [2.05, 4.69) is 23.3 Å². The van der Waals surface area contributed by atoms with E-state index in [4.69, 9.17) is 4.74 Å². The lowest BCUT2D eigenvalue weighted by Crippen LogP contribution is -2.27. The lowest BCUT2D eigenvalue weighted by molar-refractivity contribution is 0.224. The maximum Gasteiger partial charge on any atom is 0.129 e. The van der Waals surface area contributed by atoms with Gasteiger partial charge in [0.2, 0.25) is 0 Å². The molecule has 0 atom stereocenters. The highest BCUT2D eigenvalue weighted by Gasteiger charge is 2.17. The van der Waals surface area contributed by atoms with Crippen LogP contribution in [0.15, 0.2) is 121 Å². The molecule has 5 nitrogen and oxygen atoms in total. The number of rotatable bonds is 10. The Kier molecular flexibility index (Phi) is 10.4. The Bertz CT molecular complexity index is 2520. The summed E-state index contributed by atoms with van der Waals surface area (Å²) >= 11 is 0. The van der Waals surface area contributed by atoms with Crippen LogP contribution in [0, 0.1) is 23.3 Å². The number of halogens is 4. The Morgan fingerprint density at radius 1 is 0.547 bits per heavy atom. The molecule has 0 amide bonds. The van der Waals surface area contributed by atoms with E-state index >= 15 is 0 Å². The van der Waals surface area contributed by atoms with Crippen LogP contribution in [0.4, 0.5) is 17.6 Å². The van der Waals surface area contributed by atoms with E-state index in [1.165, 1.54) is 42.5 Å². The number of aromatic hydroxyl groups is 1. The van der Waals surface area contributed by atoms with Gasteiger partial charge in [-0.15, -0.1) is 0 Å². The fourth-order valence-corrected chi connectivity index (χ4v) is 7.02. The summed E-state index contributed by atoms with van der Waals surface area (Å²) in [5.74, 6) is -0.283. The number of fused-ring (bicyclic) bond motifs is 6. The van der Waals surface area contributed by atoms with Crippen molar-refractivity contribution in [2.45, 2.75) is 26.9 Å². The van der Waals surface area contributed by atoms with Crippen LogP contribution in [0.3, 0.4) is 0 Å². The normalized spacial score (nSPS) is 11.5. The SMILES string of the molecule is CCN(CC)CCOc1cccc2c1c1cc(F)ccc1n2Cc1ccc(F)cc1.Oc1cccc2c1c1cc(F)ccc1n2Cc1ccc(F)cc1. The van der Waals surface area contributed by atoms with E-state index in [1.54, 1.807) is 54.6 Å². The van der Waals surface area contributed by atoms with Crippen LogP contribution < -0.4 is 4.74 Å². The average Bonchev–Trinajstić information content (AvgIpc) is 3.64. The number of phenolic OH excluding ortho intramolecular Hbond substituents is 1. The zero-order chi connectivity index (χ0) is 37.1. The van der Waals surface area contributed by atoms with Gasteiger partial charge >= 0.3 is 0 Å². The molecule has 0 fully saturated rings. The number of benzene rings is 6. The summed E-state index contributed by atoms with van der Waals surface area (Å²) in [7, 11) is 0. The molecule has 0 saturated heterocycles. The number of ether oxygens (including phenoxy) is 1. The minimum Gasteiger partial charge on any atom is -0.507 e. The summed E-state index contributed by atoms with van der Waals surface area (Å²) in [4.78, 5) is 2.30. The van der Waals surface area contributed by atoms with Crippen molar-refractivity contribution in [1.82, 2.24) is 14.0 Å². The van der Waals surface area contributed by atoms with Crippen LogP contribution in [0.5, 0.6) is 11.5 Å². The van der Waals surface area contributed by atoms with E-state index in [1.807, 2.05) is 28.8 Å². The predicted octanol–water partition coefficient (Wildman–Crippen LogP) is 10.7. The number of hydrogen-bond donors (Lipinski definition) is 1. The smallest absolute Gasteiger partial charge is 0.129 e. The molecule has 53 heavy (non-hydrogen) atoms. The van der Waals surface area contributed by atoms with Crippen molar-refractivity contribution in [2.75, 3.05) is 26.2 Å². The largest absolute Gasteiger partial charge is 0.507 e. The number of hydrogen-bond acceptors (Lipinski definition) is 3. The van der Waals surface area contributed by atoms with Gasteiger partial charge in [-0.2, -0.15) is 0 Å². The van der Waals surface area contributed by atoms with E-state index in [0.717, 1.165) is 69.3 Å². The van der Waals surface area contributed by atoms with Crippen LogP contribution in [-0.4, -0.2) is 45.4 Å². The Labute approximate surface area is 304 Å². The molecule has 8 rings (SSSR count). The van der Waals surface area contributed by atoms with Gasteiger partial charge in [-0.05, 0) is 109 Å². The summed E-state index contributed by atoms with van der Waals surface area (Å²) in [6.07, 6.45) is 0. The van der Waals surface area contributed by atoms with Gasteiger partial charge in [0, 0.05) is 52.2 Å². The van der Waals surface area contributed by atoms with Crippen LogP contribution in [0.1, 0.15) is 25.0 Å². The fourth-order valence-electron chi connectivity index (χ4n) is 7.02. The van der Waals surface area contributed by atoms with Crippen LogP contribution >= 0.6 is 0 Å². The third-order valence-electron chi connectivity index (χ3n) is 9.71. The highest BCUT2D eigenvalue weighted by molar-refractivity contribution is 6.12. The molecule has 6 aromatic carbocycles. The van der Waals surface area contributed by atoms with E-state index < -0.39 is 0 Å². The third kappa shape index (κ3) is 7.43. The first-order valence-electron chi connectivity index (χ1n) is 17.7. The van der Waals surface area contributed by atoms with E-state index in [0.29, 0.717) is 30.5 Å². The maximum atomic E-state index is 14.1. The van der Waals surface area contributed by atoms with Crippen molar-refractivity contribution >= 4 is 43.6 Å². The van der Waals surface area contributed by atoms with Crippen LogP contribution in [0.2, 0.25) is 0 Å².